The van der Waals surface area contributed by atoms with Crippen LogP contribution in [-0.4, -0.2) is 14.9 Å². The number of rotatable bonds is 2. The Morgan fingerprint density at radius 1 is 1.39 bits per heavy atom. The summed E-state index contributed by atoms with van der Waals surface area (Å²) in [5.41, 5.74) is 5.84. The molecule has 18 heavy (non-hydrogen) atoms. The Bertz CT molecular complexity index is 663. The van der Waals surface area contributed by atoms with Gasteiger partial charge in [-0.1, -0.05) is 12.1 Å². The average Bonchev–Trinajstić information content (AvgIpc) is 2.38. The van der Waals surface area contributed by atoms with Crippen LogP contribution in [0.3, 0.4) is 0 Å². The molecule has 1 heterocycles. The Morgan fingerprint density at radius 2 is 2.11 bits per heavy atom. The summed E-state index contributed by atoms with van der Waals surface area (Å²) in [7, 11) is 0. The Balaban J connectivity index is 2.60. The van der Waals surface area contributed by atoms with Crippen molar-refractivity contribution in [2.45, 2.75) is 0 Å². The van der Waals surface area contributed by atoms with Crippen LogP contribution >= 0.6 is 0 Å². The van der Waals surface area contributed by atoms with Gasteiger partial charge >= 0.3 is 0 Å². The summed E-state index contributed by atoms with van der Waals surface area (Å²) in [6.45, 7) is 0. The van der Waals surface area contributed by atoms with E-state index >= 15 is 0 Å². The van der Waals surface area contributed by atoms with E-state index in [0.717, 1.165) is 0 Å². The summed E-state index contributed by atoms with van der Waals surface area (Å²) in [5, 5.41) is 19.6. The molecule has 0 aliphatic rings. The van der Waals surface area contributed by atoms with Crippen molar-refractivity contribution in [1.29, 1.82) is 5.26 Å². The van der Waals surface area contributed by atoms with Gasteiger partial charge in [-0.2, -0.15) is 5.26 Å². The van der Waals surface area contributed by atoms with Crippen LogP contribution in [0, 0.1) is 21.4 Å². The quantitative estimate of drug-likeness (QED) is 0.628. The number of nitrogen functional groups attached to an aromatic ring is 1. The van der Waals surface area contributed by atoms with Gasteiger partial charge in [-0.25, -0.2) is 9.97 Å². The molecule has 2 N–H and O–H groups in total. The molecule has 0 bridgehead atoms. The molecule has 2 rings (SSSR count). The zero-order valence-corrected chi connectivity index (χ0v) is 9.07. The second-order valence-electron chi connectivity index (χ2n) is 3.38. The molecule has 0 saturated carbocycles. The van der Waals surface area contributed by atoms with Crippen LogP contribution in [0.1, 0.15) is 5.56 Å². The van der Waals surface area contributed by atoms with E-state index in [1.54, 1.807) is 12.1 Å². The molecule has 0 aliphatic carbocycles. The third-order valence-corrected chi connectivity index (χ3v) is 2.28. The van der Waals surface area contributed by atoms with Gasteiger partial charge in [0.25, 0.3) is 5.69 Å². The standard InChI is InChI=1S/C11H7N5O2/c12-5-7-6-14-11(15-10(7)13)8-3-1-2-4-9(8)16(17)18/h1-4,6H,(H2,13,14,15). The molecule has 0 saturated heterocycles. The summed E-state index contributed by atoms with van der Waals surface area (Å²) in [6.07, 6.45) is 1.24. The van der Waals surface area contributed by atoms with Crippen molar-refractivity contribution in [2.75, 3.05) is 5.73 Å². The molecule has 0 fully saturated rings. The van der Waals surface area contributed by atoms with E-state index in [9.17, 15) is 10.1 Å². The Hall–Kier alpha value is -3.01. The van der Waals surface area contributed by atoms with E-state index < -0.39 is 4.92 Å². The maximum absolute atomic E-state index is 10.9. The van der Waals surface area contributed by atoms with Gasteiger partial charge in [-0.3, -0.25) is 10.1 Å². The molecule has 0 aliphatic heterocycles. The minimum absolute atomic E-state index is 0.000603. The first-order valence-electron chi connectivity index (χ1n) is 4.90. The number of nitrogens with two attached hydrogens (primary N) is 1. The number of hydrogen-bond acceptors (Lipinski definition) is 6. The zero-order valence-electron chi connectivity index (χ0n) is 9.07. The van der Waals surface area contributed by atoms with E-state index in [2.05, 4.69) is 9.97 Å². The van der Waals surface area contributed by atoms with Gasteiger partial charge in [0.05, 0.1) is 16.7 Å². The monoisotopic (exact) mass is 241 g/mol. The minimum Gasteiger partial charge on any atom is -0.382 e. The summed E-state index contributed by atoms with van der Waals surface area (Å²) in [5.74, 6) is 0.124. The van der Waals surface area contributed by atoms with Crippen LogP contribution in [-0.2, 0) is 0 Å². The van der Waals surface area contributed by atoms with Crippen molar-refractivity contribution in [2.24, 2.45) is 0 Å². The number of nitriles is 1. The number of hydrogen-bond donors (Lipinski definition) is 1. The zero-order chi connectivity index (χ0) is 13.1. The predicted molar refractivity (Wildman–Crippen MR) is 63.2 cm³/mol. The van der Waals surface area contributed by atoms with E-state index in [0.29, 0.717) is 0 Å². The first kappa shape index (κ1) is 11.5. The van der Waals surface area contributed by atoms with E-state index in [-0.39, 0.29) is 28.5 Å². The van der Waals surface area contributed by atoms with Gasteiger partial charge in [0.15, 0.2) is 5.82 Å². The minimum atomic E-state index is -0.521. The fourth-order valence-corrected chi connectivity index (χ4v) is 1.43. The number of anilines is 1. The number of nitro groups is 1. The van der Waals surface area contributed by atoms with Crippen LogP contribution < -0.4 is 5.73 Å². The smallest absolute Gasteiger partial charge is 0.280 e. The first-order valence-corrected chi connectivity index (χ1v) is 4.90. The van der Waals surface area contributed by atoms with Gasteiger partial charge in [0.2, 0.25) is 0 Å². The fourth-order valence-electron chi connectivity index (χ4n) is 1.43. The highest BCUT2D eigenvalue weighted by atomic mass is 16.6. The van der Waals surface area contributed by atoms with Gasteiger partial charge < -0.3 is 5.73 Å². The maximum atomic E-state index is 10.9. The third kappa shape index (κ3) is 1.94. The normalized spacial score (nSPS) is 9.72. The van der Waals surface area contributed by atoms with Crippen molar-refractivity contribution >= 4 is 11.5 Å². The van der Waals surface area contributed by atoms with E-state index in [1.165, 1.54) is 18.3 Å². The van der Waals surface area contributed by atoms with Crippen molar-refractivity contribution in [3.63, 3.8) is 0 Å². The predicted octanol–water partition coefficient (Wildman–Crippen LogP) is 1.51. The largest absolute Gasteiger partial charge is 0.382 e. The molecule has 7 nitrogen and oxygen atoms in total. The molecule has 0 radical (unpaired) electrons. The molecule has 0 unspecified atom stereocenters. The lowest BCUT2D eigenvalue weighted by Gasteiger charge is -2.02. The molecule has 0 spiro atoms. The van der Waals surface area contributed by atoms with Crippen LogP contribution in [0.2, 0.25) is 0 Å². The number of aromatic nitrogens is 2. The van der Waals surface area contributed by atoms with E-state index in [1.807, 2.05) is 6.07 Å². The lowest BCUT2D eigenvalue weighted by atomic mass is 10.1. The number of benzene rings is 1. The number of nitro benzene ring substituents is 1. The van der Waals surface area contributed by atoms with Crippen LogP contribution in [0.4, 0.5) is 11.5 Å². The molecule has 0 amide bonds. The van der Waals surface area contributed by atoms with Crippen LogP contribution in [0.5, 0.6) is 0 Å². The molecule has 2 aromatic rings. The van der Waals surface area contributed by atoms with Crippen molar-refractivity contribution < 1.29 is 4.92 Å². The lowest BCUT2D eigenvalue weighted by Crippen LogP contribution is -2.00. The summed E-state index contributed by atoms with van der Waals surface area (Å²) >= 11 is 0. The summed E-state index contributed by atoms with van der Waals surface area (Å²) < 4.78 is 0. The third-order valence-electron chi connectivity index (χ3n) is 2.28. The molecule has 88 valence electrons. The van der Waals surface area contributed by atoms with Crippen molar-refractivity contribution in [3.05, 3.63) is 46.1 Å². The summed E-state index contributed by atoms with van der Waals surface area (Å²) in [4.78, 5) is 18.2. The maximum Gasteiger partial charge on any atom is 0.280 e. The Morgan fingerprint density at radius 3 is 2.72 bits per heavy atom. The lowest BCUT2D eigenvalue weighted by molar-refractivity contribution is -0.384. The molecular weight excluding hydrogens is 234 g/mol. The Kier molecular flexibility index (Phi) is 2.85. The number of nitrogens with zero attached hydrogens (tertiary/aromatic N) is 4. The van der Waals surface area contributed by atoms with Crippen molar-refractivity contribution in [1.82, 2.24) is 9.97 Å². The van der Waals surface area contributed by atoms with Gasteiger partial charge in [0, 0.05) is 6.07 Å². The second-order valence-corrected chi connectivity index (χ2v) is 3.38. The highest BCUT2D eigenvalue weighted by molar-refractivity contribution is 5.69. The van der Waals surface area contributed by atoms with Crippen molar-refractivity contribution in [3.8, 4) is 17.5 Å². The average molecular weight is 241 g/mol. The SMILES string of the molecule is N#Cc1cnc(-c2ccccc2[N+](=O)[O-])nc1N. The second kappa shape index (κ2) is 4.47. The van der Waals surface area contributed by atoms with Gasteiger partial charge in [0.1, 0.15) is 17.5 Å². The molecule has 7 heteroatoms. The topological polar surface area (TPSA) is 119 Å². The fraction of sp³-hybridized carbons (Fsp3) is 0. The van der Waals surface area contributed by atoms with Crippen LogP contribution in [0.15, 0.2) is 30.5 Å². The highest BCUT2D eigenvalue weighted by Crippen LogP contribution is 2.27. The molecule has 0 atom stereocenters. The van der Waals surface area contributed by atoms with Gasteiger partial charge in [-0.05, 0) is 6.07 Å². The Labute approximate surface area is 102 Å². The highest BCUT2D eigenvalue weighted by Gasteiger charge is 2.17. The molecule has 1 aromatic heterocycles. The van der Waals surface area contributed by atoms with Crippen LogP contribution in [0.25, 0.3) is 11.4 Å². The molecular formula is C11H7N5O2. The van der Waals surface area contributed by atoms with E-state index in [4.69, 9.17) is 11.0 Å². The molecule has 1 aromatic carbocycles. The number of para-hydroxylation sites is 1. The van der Waals surface area contributed by atoms with Gasteiger partial charge in [-0.15, -0.1) is 0 Å². The first-order chi connectivity index (χ1) is 8.63. The summed E-state index contributed by atoms with van der Waals surface area (Å²) in [6, 6.07) is 7.90.